The highest BCUT2D eigenvalue weighted by atomic mass is 16.1. The predicted molar refractivity (Wildman–Crippen MR) is 80.1 cm³/mol. The van der Waals surface area contributed by atoms with E-state index in [4.69, 9.17) is 5.26 Å². The molecule has 2 heteroatoms. The first kappa shape index (κ1) is 13.5. The van der Waals surface area contributed by atoms with Gasteiger partial charge in [0.05, 0.1) is 11.6 Å². The number of ketones is 1. The van der Waals surface area contributed by atoms with Crippen molar-refractivity contribution in [2.24, 2.45) is 0 Å². The third kappa shape index (κ3) is 3.79. The molecule has 0 aromatic heterocycles. The van der Waals surface area contributed by atoms with Crippen LogP contribution in [0.15, 0.2) is 72.8 Å². The van der Waals surface area contributed by atoms with Gasteiger partial charge in [-0.15, -0.1) is 0 Å². The number of rotatable bonds is 4. The molecule has 0 spiro atoms. The van der Waals surface area contributed by atoms with Gasteiger partial charge in [0.15, 0.2) is 5.78 Å². The van der Waals surface area contributed by atoms with E-state index in [-0.39, 0.29) is 5.78 Å². The zero-order valence-electron chi connectivity index (χ0n) is 10.9. The van der Waals surface area contributed by atoms with Crippen LogP contribution >= 0.6 is 0 Å². The number of carbonyl (C=O) groups is 1. The van der Waals surface area contributed by atoms with E-state index in [1.807, 2.05) is 48.6 Å². The molecule has 2 rings (SSSR count). The first-order chi connectivity index (χ1) is 9.79. The third-order valence-corrected chi connectivity index (χ3v) is 2.75. The van der Waals surface area contributed by atoms with Gasteiger partial charge in [-0.05, 0) is 35.9 Å². The molecule has 0 unspecified atom stereocenters. The first-order valence-electron chi connectivity index (χ1n) is 6.24. The number of benzene rings is 2. The third-order valence-electron chi connectivity index (χ3n) is 2.75. The summed E-state index contributed by atoms with van der Waals surface area (Å²) in [4.78, 5) is 11.9. The Kier molecular flexibility index (Phi) is 4.64. The molecule has 2 nitrogen and oxygen atoms in total. The van der Waals surface area contributed by atoms with Crippen molar-refractivity contribution >= 4 is 11.9 Å². The predicted octanol–water partition coefficient (Wildman–Crippen LogP) is 4.01. The summed E-state index contributed by atoms with van der Waals surface area (Å²) < 4.78 is 0. The van der Waals surface area contributed by atoms with Crippen molar-refractivity contribution in [1.82, 2.24) is 0 Å². The van der Waals surface area contributed by atoms with E-state index in [0.29, 0.717) is 11.1 Å². The van der Waals surface area contributed by atoms with E-state index < -0.39 is 0 Å². The average molecular weight is 259 g/mol. The molecule has 0 heterocycles. The van der Waals surface area contributed by atoms with Crippen LogP contribution in [0.1, 0.15) is 21.5 Å². The molecule has 96 valence electrons. The van der Waals surface area contributed by atoms with Crippen molar-refractivity contribution in [3.63, 3.8) is 0 Å². The number of hydrogen-bond donors (Lipinski definition) is 0. The molecule has 0 saturated heterocycles. The Balaban J connectivity index is 1.99. The van der Waals surface area contributed by atoms with Crippen LogP contribution in [0.4, 0.5) is 0 Å². The standard InChI is InChI=1S/C18H13NO/c19-14-16-10-12-17(13-11-16)18(20)9-5-4-8-15-6-2-1-3-7-15/h1-13H/b8-4+,9-5+. The van der Waals surface area contributed by atoms with Crippen LogP contribution in [0.3, 0.4) is 0 Å². The maximum Gasteiger partial charge on any atom is 0.185 e. The normalized spacial score (nSPS) is 10.8. The Morgan fingerprint density at radius 2 is 1.65 bits per heavy atom. The maximum absolute atomic E-state index is 11.9. The van der Waals surface area contributed by atoms with Gasteiger partial charge in [-0.1, -0.05) is 48.6 Å². The molecule has 0 fully saturated rings. The summed E-state index contributed by atoms with van der Waals surface area (Å²) >= 11 is 0. The second kappa shape index (κ2) is 6.86. The largest absolute Gasteiger partial charge is 0.289 e. The maximum atomic E-state index is 11.9. The van der Waals surface area contributed by atoms with Gasteiger partial charge in [0.25, 0.3) is 0 Å². The van der Waals surface area contributed by atoms with Crippen molar-refractivity contribution in [3.05, 3.63) is 89.5 Å². The molecule has 0 aliphatic carbocycles. The summed E-state index contributed by atoms with van der Waals surface area (Å²) in [6.45, 7) is 0. The number of nitrogens with zero attached hydrogens (tertiary/aromatic N) is 1. The van der Waals surface area contributed by atoms with E-state index in [1.165, 1.54) is 6.08 Å². The van der Waals surface area contributed by atoms with Crippen LogP contribution < -0.4 is 0 Å². The Morgan fingerprint density at radius 1 is 0.950 bits per heavy atom. The lowest BCUT2D eigenvalue weighted by molar-refractivity contribution is 0.104. The van der Waals surface area contributed by atoms with Crippen LogP contribution in [-0.2, 0) is 0 Å². The molecule has 20 heavy (non-hydrogen) atoms. The van der Waals surface area contributed by atoms with Crippen molar-refractivity contribution in [3.8, 4) is 6.07 Å². The van der Waals surface area contributed by atoms with Gasteiger partial charge in [0.2, 0.25) is 0 Å². The van der Waals surface area contributed by atoms with Gasteiger partial charge < -0.3 is 0 Å². The number of allylic oxidation sites excluding steroid dienone is 3. The van der Waals surface area contributed by atoms with Gasteiger partial charge in [-0.25, -0.2) is 0 Å². The van der Waals surface area contributed by atoms with Gasteiger partial charge in [0, 0.05) is 5.56 Å². The molecule has 0 atom stereocenters. The Labute approximate surface area is 118 Å². The van der Waals surface area contributed by atoms with Gasteiger partial charge in [-0.2, -0.15) is 5.26 Å². The van der Waals surface area contributed by atoms with E-state index in [1.54, 1.807) is 30.3 Å². The minimum Gasteiger partial charge on any atom is -0.289 e. The average Bonchev–Trinajstić information content (AvgIpc) is 2.52. The molecular weight excluding hydrogens is 246 g/mol. The summed E-state index contributed by atoms with van der Waals surface area (Å²) in [6, 6.07) is 18.5. The molecule has 0 N–H and O–H groups in total. The van der Waals surface area contributed by atoms with Crippen LogP contribution in [0.5, 0.6) is 0 Å². The minimum absolute atomic E-state index is 0.0767. The first-order valence-corrected chi connectivity index (χ1v) is 6.24. The SMILES string of the molecule is N#Cc1ccc(C(=O)/C=C/C=C/c2ccccc2)cc1. The van der Waals surface area contributed by atoms with Crippen molar-refractivity contribution in [1.29, 1.82) is 5.26 Å². The molecule has 0 saturated carbocycles. The monoisotopic (exact) mass is 259 g/mol. The summed E-state index contributed by atoms with van der Waals surface area (Å²) in [5.74, 6) is -0.0767. The Morgan fingerprint density at radius 3 is 2.30 bits per heavy atom. The zero-order chi connectivity index (χ0) is 14.2. The van der Waals surface area contributed by atoms with E-state index in [2.05, 4.69) is 0 Å². The van der Waals surface area contributed by atoms with Crippen LogP contribution in [0.25, 0.3) is 6.08 Å². The fraction of sp³-hybridized carbons (Fsp3) is 0. The lowest BCUT2D eigenvalue weighted by atomic mass is 10.1. The molecule has 0 aliphatic heterocycles. The lowest BCUT2D eigenvalue weighted by Crippen LogP contribution is -1.93. The molecule has 0 aliphatic rings. The Hall–Kier alpha value is -2.92. The number of nitriles is 1. The van der Waals surface area contributed by atoms with Crippen LogP contribution in [0, 0.1) is 11.3 Å². The molecular formula is C18H13NO. The smallest absolute Gasteiger partial charge is 0.185 e. The quantitative estimate of drug-likeness (QED) is 0.473. The summed E-state index contributed by atoms with van der Waals surface area (Å²) in [5.41, 5.74) is 2.21. The zero-order valence-corrected chi connectivity index (χ0v) is 10.9. The second-order valence-electron chi connectivity index (χ2n) is 4.18. The lowest BCUT2D eigenvalue weighted by Gasteiger charge is -1.94. The van der Waals surface area contributed by atoms with E-state index >= 15 is 0 Å². The highest BCUT2D eigenvalue weighted by molar-refractivity contribution is 6.04. The van der Waals surface area contributed by atoms with Gasteiger partial charge in [0.1, 0.15) is 0 Å². The van der Waals surface area contributed by atoms with E-state index in [0.717, 1.165) is 5.56 Å². The van der Waals surface area contributed by atoms with Crippen LogP contribution in [-0.4, -0.2) is 5.78 Å². The van der Waals surface area contributed by atoms with Crippen molar-refractivity contribution < 1.29 is 4.79 Å². The fourth-order valence-corrected chi connectivity index (χ4v) is 1.68. The fourth-order valence-electron chi connectivity index (χ4n) is 1.68. The molecule has 2 aromatic rings. The second-order valence-corrected chi connectivity index (χ2v) is 4.18. The summed E-state index contributed by atoms with van der Waals surface area (Å²) in [6.07, 6.45) is 6.99. The van der Waals surface area contributed by atoms with Crippen molar-refractivity contribution in [2.75, 3.05) is 0 Å². The molecule has 0 bridgehead atoms. The minimum atomic E-state index is -0.0767. The van der Waals surface area contributed by atoms with Crippen LogP contribution in [0.2, 0.25) is 0 Å². The van der Waals surface area contributed by atoms with E-state index in [9.17, 15) is 4.79 Å². The highest BCUT2D eigenvalue weighted by Gasteiger charge is 2.00. The Bertz CT molecular complexity index is 674. The summed E-state index contributed by atoms with van der Waals surface area (Å²) in [7, 11) is 0. The molecule has 0 amide bonds. The highest BCUT2D eigenvalue weighted by Crippen LogP contribution is 2.05. The number of hydrogen-bond acceptors (Lipinski definition) is 2. The van der Waals surface area contributed by atoms with Crippen molar-refractivity contribution in [2.45, 2.75) is 0 Å². The number of carbonyl (C=O) groups excluding carboxylic acids is 1. The van der Waals surface area contributed by atoms with Gasteiger partial charge >= 0.3 is 0 Å². The summed E-state index contributed by atoms with van der Waals surface area (Å²) in [5, 5.41) is 8.69. The molecule has 2 aromatic carbocycles. The topological polar surface area (TPSA) is 40.9 Å². The molecule has 0 radical (unpaired) electrons. The van der Waals surface area contributed by atoms with Gasteiger partial charge in [-0.3, -0.25) is 4.79 Å².